The van der Waals surface area contributed by atoms with Crippen molar-refractivity contribution in [3.05, 3.63) is 4.88 Å². The van der Waals surface area contributed by atoms with Gasteiger partial charge < -0.3 is 11.1 Å². The minimum Gasteiger partial charge on any atom is -0.396 e. The largest absolute Gasteiger partial charge is 0.396 e. The molecule has 0 atom stereocenters. The van der Waals surface area contributed by atoms with Gasteiger partial charge in [-0.1, -0.05) is 6.92 Å². The third-order valence-corrected chi connectivity index (χ3v) is 5.01. The van der Waals surface area contributed by atoms with Crippen molar-refractivity contribution in [2.75, 3.05) is 23.9 Å². The molecule has 1 saturated carbocycles. The maximum absolute atomic E-state index is 8.94. The van der Waals surface area contributed by atoms with Crippen molar-refractivity contribution >= 4 is 33.8 Å². The Hall–Kier alpha value is -0.860. The maximum atomic E-state index is 8.94. The Labute approximate surface area is 104 Å². The van der Waals surface area contributed by atoms with Crippen LogP contribution in [0.15, 0.2) is 4.90 Å². The summed E-state index contributed by atoms with van der Waals surface area (Å²) in [5.41, 5.74) is 6.99. The summed E-state index contributed by atoms with van der Waals surface area (Å²) < 4.78 is 0. The summed E-state index contributed by atoms with van der Waals surface area (Å²) in [6.45, 7) is 3.26. The van der Waals surface area contributed by atoms with E-state index in [0.717, 1.165) is 16.4 Å². The molecule has 1 aromatic heterocycles. The van der Waals surface area contributed by atoms with Gasteiger partial charge in [0.2, 0.25) is 0 Å². The molecule has 86 valence electrons. The smallest absolute Gasteiger partial charge is 0.131 e. The summed E-state index contributed by atoms with van der Waals surface area (Å²) >= 11 is 3.06. The number of nitriles is 1. The van der Waals surface area contributed by atoms with Crippen molar-refractivity contribution in [2.45, 2.75) is 24.7 Å². The van der Waals surface area contributed by atoms with Crippen LogP contribution in [0.4, 0.5) is 10.7 Å². The SMILES string of the molecule is CSc1c(NCC2(C)CC2)sc(C#N)c1N. The zero-order valence-electron chi connectivity index (χ0n) is 9.46. The van der Waals surface area contributed by atoms with Gasteiger partial charge in [0, 0.05) is 6.54 Å². The Morgan fingerprint density at radius 2 is 2.31 bits per heavy atom. The van der Waals surface area contributed by atoms with Gasteiger partial charge >= 0.3 is 0 Å². The highest BCUT2D eigenvalue weighted by atomic mass is 32.2. The topological polar surface area (TPSA) is 61.8 Å². The highest BCUT2D eigenvalue weighted by Crippen LogP contribution is 2.47. The van der Waals surface area contributed by atoms with E-state index in [1.165, 1.54) is 24.2 Å². The van der Waals surface area contributed by atoms with Crippen LogP contribution in [-0.4, -0.2) is 12.8 Å². The average Bonchev–Trinajstić information content (AvgIpc) is 2.91. The molecule has 0 radical (unpaired) electrons. The van der Waals surface area contributed by atoms with E-state index in [9.17, 15) is 0 Å². The van der Waals surface area contributed by atoms with Crippen LogP contribution >= 0.6 is 23.1 Å². The molecule has 2 rings (SSSR count). The molecule has 0 aromatic carbocycles. The second kappa shape index (κ2) is 4.19. The Bertz CT molecular complexity index is 441. The van der Waals surface area contributed by atoms with Gasteiger partial charge in [-0.05, 0) is 24.5 Å². The molecule has 1 aliphatic carbocycles. The maximum Gasteiger partial charge on any atom is 0.131 e. The van der Waals surface area contributed by atoms with Crippen LogP contribution < -0.4 is 11.1 Å². The second-order valence-corrected chi connectivity index (χ2v) is 6.32. The van der Waals surface area contributed by atoms with Crippen LogP contribution in [0, 0.1) is 16.7 Å². The fourth-order valence-electron chi connectivity index (χ4n) is 1.51. The van der Waals surface area contributed by atoms with Gasteiger partial charge in [0.05, 0.1) is 10.6 Å². The fourth-order valence-corrected chi connectivity index (χ4v) is 3.34. The third kappa shape index (κ3) is 2.13. The van der Waals surface area contributed by atoms with Crippen molar-refractivity contribution in [3.8, 4) is 6.07 Å². The van der Waals surface area contributed by atoms with Crippen LogP contribution in [0.2, 0.25) is 0 Å². The number of thioether (sulfide) groups is 1. The summed E-state index contributed by atoms with van der Waals surface area (Å²) in [6, 6.07) is 2.14. The first-order valence-electron chi connectivity index (χ1n) is 5.20. The van der Waals surface area contributed by atoms with E-state index in [1.54, 1.807) is 11.8 Å². The second-order valence-electron chi connectivity index (χ2n) is 4.48. The average molecular weight is 253 g/mol. The Morgan fingerprint density at radius 1 is 1.62 bits per heavy atom. The van der Waals surface area contributed by atoms with Crippen molar-refractivity contribution in [2.24, 2.45) is 5.41 Å². The molecule has 0 amide bonds. The number of hydrogen-bond donors (Lipinski definition) is 2. The molecule has 1 heterocycles. The number of rotatable bonds is 4. The molecule has 16 heavy (non-hydrogen) atoms. The van der Waals surface area contributed by atoms with Gasteiger partial charge in [-0.25, -0.2) is 0 Å². The van der Waals surface area contributed by atoms with E-state index < -0.39 is 0 Å². The highest BCUT2D eigenvalue weighted by Gasteiger charge is 2.37. The van der Waals surface area contributed by atoms with Crippen LogP contribution in [0.3, 0.4) is 0 Å². The fraction of sp³-hybridized carbons (Fsp3) is 0.545. The highest BCUT2D eigenvalue weighted by molar-refractivity contribution is 7.99. The molecular weight excluding hydrogens is 238 g/mol. The van der Waals surface area contributed by atoms with Crippen LogP contribution in [0.1, 0.15) is 24.6 Å². The van der Waals surface area contributed by atoms with Gasteiger partial charge in [-0.3, -0.25) is 0 Å². The van der Waals surface area contributed by atoms with E-state index in [-0.39, 0.29) is 0 Å². The molecule has 3 N–H and O–H groups in total. The lowest BCUT2D eigenvalue weighted by Gasteiger charge is -2.10. The van der Waals surface area contributed by atoms with Crippen molar-refractivity contribution in [1.82, 2.24) is 0 Å². The Balaban J connectivity index is 2.16. The van der Waals surface area contributed by atoms with Gasteiger partial charge in [-0.2, -0.15) is 5.26 Å². The quantitative estimate of drug-likeness (QED) is 0.809. The van der Waals surface area contributed by atoms with Crippen molar-refractivity contribution in [3.63, 3.8) is 0 Å². The number of nitrogens with two attached hydrogens (primary N) is 1. The predicted molar refractivity (Wildman–Crippen MR) is 71.1 cm³/mol. The van der Waals surface area contributed by atoms with E-state index in [4.69, 9.17) is 11.0 Å². The standard InChI is InChI=1S/C11H15N3S2/c1-11(3-4-11)6-14-10-9(15-2)8(13)7(5-12)16-10/h14H,3-4,6,13H2,1-2H3. The Morgan fingerprint density at radius 3 is 2.81 bits per heavy atom. The summed E-state index contributed by atoms with van der Waals surface area (Å²) in [6.07, 6.45) is 4.57. The lowest BCUT2D eigenvalue weighted by molar-refractivity contribution is 0.611. The number of thiophene rings is 1. The van der Waals surface area contributed by atoms with Gasteiger partial charge in [0.15, 0.2) is 0 Å². The number of nitrogens with one attached hydrogen (secondary N) is 1. The molecule has 0 unspecified atom stereocenters. The molecule has 1 fully saturated rings. The van der Waals surface area contributed by atoms with E-state index in [0.29, 0.717) is 16.0 Å². The molecule has 3 nitrogen and oxygen atoms in total. The minimum atomic E-state index is 0.460. The summed E-state index contributed by atoms with van der Waals surface area (Å²) in [4.78, 5) is 1.64. The molecule has 1 aromatic rings. The summed E-state index contributed by atoms with van der Waals surface area (Å²) in [7, 11) is 0. The monoisotopic (exact) mass is 253 g/mol. The molecule has 0 aliphatic heterocycles. The molecule has 0 saturated heterocycles. The van der Waals surface area contributed by atoms with Gasteiger partial charge in [0.25, 0.3) is 0 Å². The minimum absolute atomic E-state index is 0.460. The third-order valence-electron chi connectivity index (χ3n) is 2.98. The number of hydrogen-bond acceptors (Lipinski definition) is 5. The van der Waals surface area contributed by atoms with Crippen molar-refractivity contribution in [1.29, 1.82) is 5.26 Å². The zero-order chi connectivity index (χ0) is 11.8. The van der Waals surface area contributed by atoms with Crippen LogP contribution in [-0.2, 0) is 0 Å². The predicted octanol–water partition coefficient (Wildman–Crippen LogP) is 3.14. The van der Waals surface area contributed by atoms with Gasteiger partial charge in [-0.15, -0.1) is 23.1 Å². The summed E-state index contributed by atoms with van der Waals surface area (Å²) in [5.74, 6) is 0. The zero-order valence-corrected chi connectivity index (χ0v) is 11.1. The normalized spacial score (nSPS) is 16.8. The molecule has 0 bridgehead atoms. The van der Waals surface area contributed by atoms with Crippen LogP contribution in [0.25, 0.3) is 0 Å². The number of anilines is 2. The van der Waals surface area contributed by atoms with E-state index >= 15 is 0 Å². The lowest BCUT2D eigenvalue weighted by atomic mass is 10.1. The number of nitrogen functional groups attached to an aromatic ring is 1. The molecule has 1 aliphatic rings. The molecule has 5 heteroatoms. The van der Waals surface area contributed by atoms with E-state index in [2.05, 4.69) is 18.3 Å². The Kier molecular flexibility index (Phi) is 3.04. The first-order valence-corrected chi connectivity index (χ1v) is 7.24. The molecule has 0 spiro atoms. The first kappa shape index (κ1) is 11.6. The number of nitrogens with zero attached hydrogens (tertiary/aromatic N) is 1. The van der Waals surface area contributed by atoms with Gasteiger partial charge in [0.1, 0.15) is 15.9 Å². The van der Waals surface area contributed by atoms with E-state index in [1.807, 2.05) is 6.26 Å². The summed E-state index contributed by atoms with van der Waals surface area (Å²) in [5, 5.41) is 13.4. The first-order chi connectivity index (χ1) is 7.59. The lowest BCUT2D eigenvalue weighted by Crippen LogP contribution is -2.11. The van der Waals surface area contributed by atoms with Crippen LogP contribution in [0.5, 0.6) is 0 Å². The molecular formula is C11H15N3S2. The van der Waals surface area contributed by atoms with Crippen molar-refractivity contribution < 1.29 is 0 Å².